The zero-order valence-electron chi connectivity index (χ0n) is 15.2. The van der Waals surface area contributed by atoms with Crippen LogP contribution in [-0.4, -0.2) is 30.6 Å². The summed E-state index contributed by atoms with van der Waals surface area (Å²) in [4.78, 5) is 2.16. The number of hydrogen-bond donors (Lipinski definition) is 1. The van der Waals surface area contributed by atoms with Gasteiger partial charge in [-0.05, 0) is 56.6 Å². The molecule has 2 rings (SSSR count). The second kappa shape index (κ2) is 8.27. The van der Waals surface area contributed by atoms with Gasteiger partial charge >= 0.3 is 0 Å². The molecule has 0 aromatic heterocycles. The molecule has 0 aliphatic carbocycles. The molecule has 0 aliphatic rings. The minimum atomic E-state index is -0.965. The van der Waals surface area contributed by atoms with Crippen molar-refractivity contribution in [2.45, 2.75) is 25.9 Å². The second-order valence-corrected chi connectivity index (χ2v) is 6.86. The molecule has 0 fully saturated rings. The van der Waals surface area contributed by atoms with E-state index < -0.39 is 5.60 Å². The highest BCUT2D eigenvalue weighted by Crippen LogP contribution is 2.39. The van der Waals surface area contributed by atoms with E-state index in [1.165, 1.54) is 0 Å². The van der Waals surface area contributed by atoms with Crippen LogP contribution in [0.2, 0.25) is 0 Å². The number of nitrogens with zero attached hydrogens (tertiary/aromatic N) is 1. The van der Waals surface area contributed by atoms with Crippen LogP contribution in [0.25, 0.3) is 6.08 Å². The van der Waals surface area contributed by atoms with Crippen molar-refractivity contribution in [3.63, 3.8) is 0 Å². The zero-order valence-corrected chi connectivity index (χ0v) is 15.2. The molecular weight excluding hydrogens is 294 g/mol. The topological polar surface area (TPSA) is 23.5 Å². The summed E-state index contributed by atoms with van der Waals surface area (Å²) >= 11 is 0. The lowest BCUT2D eigenvalue weighted by atomic mass is 9.75. The van der Waals surface area contributed by atoms with Gasteiger partial charge in [-0.3, -0.25) is 0 Å². The highest BCUT2D eigenvalue weighted by atomic mass is 16.3. The molecule has 2 aromatic carbocycles. The van der Waals surface area contributed by atoms with Crippen LogP contribution >= 0.6 is 0 Å². The number of benzene rings is 2. The van der Waals surface area contributed by atoms with Crippen molar-refractivity contribution in [3.8, 4) is 0 Å². The summed E-state index contributed by atoms with van der Waals surface area (Å²) in [6.45, 7) is 5.12. The largest absolute Gasteiger partial charge is 0.380 e. The lowest BCUT2D eigenvalue weighted by Crippen LogP contribution is -2.36. The predicted octanol–water partition coefficient (Wildman–Crippen LogP) is 4.57. The third kappa shape index (κ3) is 4.34. The highest BCUT2D eigenvalue weighted by Gasteiger charge is 2.37. The maximum Gasteiger partial charge on any atom is 0.113 e. The molecule has 1 N–H and O–H groups in total. The fraction of sp³-hybridized carbons (Fsp3) is 0.364. The number of rotatable bonds is 7. The van der Waals surface area contributed by atoms with Crippen LogP contribution in [0.1, 0.15) is 31.4 Å². The Labute approximate surface area is 146 Å². The Morgan fingerprint density at radius 3 is 2.12 bits per heavy atom. The molecule has 0 heterocycles. The number of aliphatic hydroxyl groups is 1. The Balaban J connectivity index is 2.41. The maximum absolute atomic E-state index is 11.7. The van der Waals surface area contributed by atoms with Gasteiger partial charge in [-0.2, -0.15) is 0 Å². The molecule has 24 heavy (non-hydrogen) atoms. The van der Waals surface area contributed by atoms with Crippen molar-refractivity contribution in [3.05, 3.63) is 77.4 Å². The first-order valence-corrected chi connectivity index (χ1v) is 8.61. The predicted molar refractivity (Wildman–Crippen MR) is 103 cm³/mol. The molecule has 2 heteroatoms. The summed E-state index contributed by atoms with van der Waals surface area (Å²) < 4.78 is 0. The molecule has 0 amide bonds. The van der Waals surface area contributed by atoms with Gasteiger partial charge in [-0.25, -0.2) is 0 Å². The molecular formula is C22H29NO. The Morgan fingerprint density at radius 2 is 1.58 bits per heavy atom. The van der Waals surface area contributed by atoms with Gasteiger partial charge in [-0.15, -0.1) is 0 Å². The van der Waals surface area contributed by atoms with Gasteiger partial charge in [0.2, 0.25) is 0 Å². The van der Waals surface area contributed by atoms with E-state index in [2.05, 4.69) is 44.1 Å². The Bertz CT molecular complexity index is 648. The monoisotopic (exact) mass is 323 g/mol. The molecule has 0 spiro atoms. The zero-order chi connectivity index (χ0) is 17.6. The Kier molecular flexibility index (Phi) is 6.36. The quantitative estimate of drug-likeness (QED) is 0.807. The summed E-state index contributed by atoms with van der Waals surface area (Å²) in [7, 11) is 4.14. The summed E-state index contributed by atoms with van der Waals surface area (Å²) in [6.07, 6.45) is 3.03. The van der Waals surface area contributed by atoms with Gasteiger partial charge < -0.3 is 10.0 Å². The van der Waals surface area contributed by atoms with Crippen LogP contribution < -0.4 is 0 Å². The maximum atomic E-state index is 11.7. The minimum absolute atomic E-state index is 0.113. The van der Waals surface area contributed by atoms with Crippen molar-refractivity contribution >= 4 is 6.08 Å². The first kappa shape index (κ1) is 18.4. The van der Waals surface area contributed by atoms with E-state index in [-0.39, 0.29) is 5.92 Å². The second-order valence-electron chi connectivity index (χ2n) is 6.86. The fourth-order valence-electron chi connectivity index (χ4n) is 3.16. The highest BCUT2D eigenvalue weighted by molar-refractivity contribution is 5.56. The van der Waals surface area contributed by atoms with Gasteiger partial charge in [0.15, 0.2) is 0 Å². The molecule has 0 aliphatic heterocycles. The van der Waals surface area contributed by atoms with E-state index in [1.807, 2.05) is 55.5 Å². The van der Waals surface area contributed by atoms with Crippen LogP contribution in [0, 0.1) is 5.92 Å². The van der Waals surface area contributed by atoms with Gasteiger partial charge in [-0.1, -0.05) is 73.7 Å². The first-order valence-electron chi connectivity index (χ1n) is 8.61. The molecule has 2 nitrogen and oxygen atoms in total. The van der Waals surface area contributed by atoms with Crippen molar-refractivity contribution in [1.29, 1.82) is 0 Å². The summed E-state index contributed by atoms with van der Waals surface area (Å²) in [5.41, 5.74) is 2.09. The fourth-order valence-corrected chi connectivity index (χ4v) is 3.16. The normalized spacial score (nSPS) is 16.0. The Morgan fingerprint density at radius 1 is 1.04 bits per heavy atom. The third-order valence-corrected chi connectivity index (χ3v) is 4.72. The molecule has 2 atom stereocenters. The van der Waals surface area contributed by atoms with E-state index in [0.29, 0.717) is 0 Å². The van der Waals surface area contributed by atoms with Crippen LogP contribution in [0.3, 0.4) is 0 Å². The van der Waals surface area contributed by atoms with Crippen molar-refractivity contribution in [2.24, 2.45) is 5.92 Å². The van der Waals surface area contributed by atoms with E-state index in [9.17, 15) is 5.11 Å². The summed E-state index contributed by atoms with van der Waals surface area (Å²) in [5.74, 6) is 0.113. The molecule has 2 aromatic rings. The smallest absolute Gasteiger partial charge is 0.113 e. The first-order chi connectivity index (χ1) is 11.4. The number of hydrogen-bond acceptors (Lipinski definition) is 2. The van der Waals surface area contributed by atoms with Gasteiger partial charge in [0.05, 0.1) is 0 Å². The molecule has 0 bridgehead atoms. The van der Waals surface area contributed by atoms with E-state index in [4.69, 9.17) is 0 Å². The molecule has 0 radical (unpaired) electrons. The van der Waals surface area contributed by atoms with E-state index in [0.717, 1.165) is 29.7 Å². The molecule has 0 saturated carbocycles. The van der Waals surface area contributed by atoms with Crippen LogP contribution in [0.5, 0.6) is 0 Å². The standard InChI is InChI=1S/C22H29NO/c1-18(15-16-23(3)4)22(24,21-13-9-6-10-14-21)19(2)17-20-11-7-5-8-12-20/h5-14,17-18,24H,15-16H2,1-4H3. The van der Waals surface area contributed by atoms with Crippen molar-refractivity contribution in [2.75, 3.05) is 20.6 Å². The van der Waals surface area contributed by atoms with E-state index >= 15 is 0 Å². The average Bonchev–Trinajstić information content (AvgIpc) is 2.60. The van der Waals surface area contributed by atoms with Crippen LogP contribution in [0.4, 0.5) is 0 Å². The summed E-state index contributed by atoms with van der Waals surface area (Å²) in [5, 5.41) is 11.7. The van der Waals surface area contributed by atoms with Crippen molar-refractivity contribution < 1.29 is 5.11 Å². The average molecular weight is 323 g/mol. The lowest BCUT2D eigenvalue weighted by Gasteiger charge is -2.36. The van der Waals surface area contributed by atoms with Crippen LogP contribution in [0.15, 0.2) is 66.2 Å². The van der Waals surface area contributed by atoms with Crippen LogP contribution in [-0.2, 0) is 5.60 Å². The van der Waals surface area contributed by atoms with Gasteiger partial charge in [0.1, 0.15) is 5.60 Å². The lowest BCUT2D eigenvalue weighted by molar-refractivity contribution is 0.0146. The van der Waals surface area contributed by atoms with Crippen molar-refractivity contribution in [1.82, 2.24) is 4.90 Å². The van der Waals surface area contributed by atoms with Gasteiger partial charge in [0.25, 0.3) is 0 Å². The Hall–Kier alpha value is -1.90. The van der Waals surface area contributed by atoms with E-state index in [1.54, 1.807) is 0 Å². The molecule has 128 valence electrons. The SMILES string of the molecule is CC(=Cc1ccccc1)C(O)(c1ccccc1)C(C)CCN(C)C. The minimum Gasteiger partial charge on any atom is -0.380 e. The third-order valence-electron chi connectivity index (χ3n) is 4.72. The molecule has 2 unspecified atom stereocenters. The summed E-state index contributed by atoms with van der Waals surface area (Å²) in [6, 6.07) is 20.2. The van der Waals surface area contributed by atoms with Gasteiger partial charge in [0, 0.05) is 0 Å². The molecule has 0 saturated heterocycles.